The smallest absolute Gasteiger partial charge is 0.213 e. The van der Waals surface area contributed by atoms with E-state index in [0.29, 0.717) is 11.9 Å². The van der Waals surface area contributed by atoms with E-state index in [4.69, 9.17) is 10.5 Å². The Balaban J connectivity index is 2.30. The van der Waals surface area contributed by atoms with Crippen molar-refractivity contribution < 1.29 is 4.74 Å². The Morgan fingerprint density at radius 2 is 2.22 bits per heavy atom. The molecule has 1 aliphatic rings. The minimum atomic E-state index is 0.153. The van der Waals surface area contributed by atoms with Gasteiger partial charge in [0.05, 0.1) is 18.8 Å². The lowest BCUT2D eigenvalue weighted by Gasteiger charge is -2.41. The maximum absolute atomic E-state index is 6.31. The average molecular weight is 249 g/mol. The van der Waals surface area contributed by atoms with Gasteiger partial charge in [-0.3, -0.25) is 4.90 Å². The van der Waals surface area contributed by atoms with Crippen LogP contribution in [0.5, 0.6) is 5.88 Å². The van der Waals surface area contributed by atoms with E-state index in [0.717, 1.165) is 18.7 Å². The monoisotopic (exact) mass is 249 g/mol. The topological polar surface area (TPSA) is 51.4 Å². The third kappa shape index (κ3) is 2.65. The lowest BCUT2D eigenvalue weighted by molar-refractivity contribution is 0.0915. The zero-order chi connectivity index (χ0) is 13.1. The van der Waals surface area contributed by atoms with Crippen molar-refractivity contribution in [2.24, 2.45) is 5.73 Å². The Morgan fingerprint density at radius 1 is 1.44 bits per heavy atom. The molecule has 4 heteroatoms. The molecule has 0 amide bonds. The molecular weight excluding hydrogens is 226 g/mol. The Labute approximate surface area is 109 Å². The zero-order valence-corrected chi connectivity index (χ0v) is 11.5. The molecule has 0 saturated carbocycles. The van der Waals surface area contributed by atoms with Gasteiger partial charge in [0.1, 0.15) is 0 Å². The van der Waals surface area contributed by atoms with Crippen LogP contribution >= 0.6 is 0 Å². The van der Waals surface area contributed by atoms with Crippen LogP contribution in [0.15, 0.2) is 18.2 Å². The van der Waals surface area contributed by atoms with Gasteiger partial charge in [0.25, 0.3) is 0 Å². The van der Waals surface area contributed by atoms with Crippen molar-refractivity contribution in [3.05, 3.63) is 23.9 Å². The van der Waals surface area contributed by atoms with Gasteiger partial charge in [0.15, 0.2) is 0 Å². The summed E-state index contributed by atoms with van der Waals surface area (Å²) in [6.07, 6.45) is 2.23. The second-order valence-corrected chi connectivity index (χ2v) is 5.19. The molecule has 1 aromatic heterocycles. The van der Waals surface area contributed by atoms with Gasteiger partial charge < -0.3 is 10.5 Å². The summed E-state index contributed by atoms with van der Waals surface area (Å²) in [6.45, 7) is 5.52. The van der Waals surface area contributed by atoms with E-state index in [1.807, 2.05) is 18.2 Å². The van der Waals surface area contributed by atoms with Gasteiger partial charge in [-0.25, -0.2) is 4.98 Å². The number of methoxy groups -OCH3 is 1. The van der Waals surface area contributed by atoms with Gasteiger partial charge in [-0.2, -0.15) is 0 Å². The van der Waals surface area contributed by atoms with Gasteiger partial charge in [-0.05, 0) is 39.3 Å². The summed E-state index contributed by atoms with van der Waals surface area (Å²) < 4.78 is 5.21. The lowest BCUT2D eigenvalue weighted by atomic mass is 9.92. The predicted molar refractivity (Wildman–Crippen MR) is 72.6 cm³/mol. The first kappa shape index (κ1) is 13.3. The number of hydrogen-bond donors (Lipinski definition) is 1. The standard InChI is InChI=1S/C14H23N3O/c1-10(2)17-9-5-6-11(15)14(17)12-7-4-8-13(16-12)18-3/h4,7-8,10-11,14H,5-6,9,15H2,1-3H3. The second-order valence-electron chi connectivity index (χ2n) is 5.19. The first-order valence-corrected chi connectivity index (χ1v) is 6.65. The van der Waals surface area contributed by atoms with Crippen molar-refractivity contribution in [2.45, 2.75) is 44.8 Å². The van der Waals surface area contributed by atoms with Crippen molar-refractivity contribution in [1.82, 2.24) is 9.88 Å². The lowest BCUT2D eigenvalue weighted by Crippen LogP contribution is -2.48. The van der Waals surface area contributed by atoms with Crippen LogP contribution in [-0.4, -0.2) is 35.6 Å². The quantitative estimate of drug-likeness (QED) is 0.889. The third-order valence-electron chi connectivity index (χ3n) is 3.64. The Kier molecular flexibility index (Phi) is 4.19. The van der Waals surface area contributed by atoms with E-state index >= 15 is 0 Å². The van der Waals surface area contributed by atoms with Crippen LogP contribution < -0.4 is 10.5 Å². The molecule has 0 spiro atoms. The SMILES string of the molecule is COc1cccc(C2C(N)CCCN2C(C)C)n1. The van der Waals surface area contributed by atoms with Crippen molar-refractivity contribution in [1.29, 1.82) is 0 Å². The van der Waals surface area contributed by atoms with Gasteiger partial charge in [0.2, 0.25) is 5.88 Å². The molecule has 18 heavy (non-hydrogen) atoms. The maximum Gasteiger partial charge on any atom is 0.213 e. The molecule has 0 bridgehead atoms. The Morgan fingerprint density at radius 3 is 2.89 bits per heavy atom. The number of hydrogen-bond acceptors (Lipinski definition) is 4. The largest absolute Gasteiger partial charge is 0.481 e. The van der Waals surface area contributed by atoms with Crippen LogP contribution in [-0.2, 0) is 0 Å². The van der Waals surface area contributed by atoms with E-state index in [9.17, 15) is 0 Å². The number of ether oxygens (including phenoxy) is 1. The highest BCUT2D eigenvalue weighted by Crippen LogP contribution is 2.31. The number of likely N-dealkylation sites (tertiary alicyclic amines) is 1. The summed E-state index contributed by atoms with van der Waals surface area (Å²) in [6, 6.07) is 6.75. The number of piperidine rings is 1. The Bertz CT molecular complexity index is 394. The molecular formula is C14H23N3O. The summed E-state index contributed by atoms with van der Waals surface area (Å²) in [5.41, 5.74) is 7.33. The van der Waals surface area contributed by atoms with E-state index in [1.165, 1.54) is 6.42 Å². The van der Waals surface area contributed by atoms with Crippen LogP contribution in [0.3, 0.4) is 0 Å². The molecule has 0 aliphatic carbocycles. The summed E-state index contributed by atoms with van der Waals surface area (Å²) in [7, 11) is 1.65. The van der Waals surface area contributed by atoms with Crippen LogP contribution in [0.4, 0.5) is 0 Å². The summed E-state index contributed by atoms with van der Waals surface area (Å²) in [4.78, 5) is 6.99. The first-order valence-electron chi connectivity index (χ1n) is 6.65. The molecule has 0 aromatic carbocycles. The number of nitrogens with zero attached hydrogens (tertiary/aromatic N) is 2. The van der Waals surface area contributed by atoms with Crippen molar-refractivity contribution in [3.63, 3.8) is 0 Å². The molecule has 4 nitrogen and oxygen atoms in total. The van der Waals surface area contributed by atoms with Crippen molar-refractivity contribution >= 4 is 0 Å². The number of pyridine rings is 1. The van der Waals surface area contributed by atoms with Gasteiger partial charge in [-0.15, -0.1) is 0 Å². The minimum Gasteiger partial charge on any atom is -0.481 e. The Hall–Kier alpha value is -1.13. The van der Waals surface area contributed by atoms with E-state index in [1.54, 1.807) is 7.11 Å². The van der Waals surface area contributed by atoms with Crippen LogP contribution in [0.2, 0.25) is 0 Å². The van der Waals surface area contributed by atoms with Crippen LogP contribution in [0.25, 0.3) is 0 Å². The van der Waals surface area contributed by atoms with Gasteiger partial charge in [-0.1, -0.05) is 6.07 Å². The van der Waals surface area contributed by atoms with Gasteiger partial charge >= 0.3 is 0 Å². The number of nitrogens with two attached hydrogens (primary N) is 1. The van der Waals surface area contributed by atoms with E-state index < -0.39 is 0 Å². The van der Waals surface area contributed by atoms with Crippen molar-refractivity contribution in [2.75, 3.05) is 13.7 Å². The second kappa shape index (κ2) is 5.67. The fraction of sp³-hybridized carbons (Fsp3) is 0.643. The molecule has 100 valence electrons. The molecule has 1 aliphatic heterocycles. The normalized spacial score (nSPS) is 25.4. The number of aromatic nitrogens is 1. The summed E-state index contributed by atoms with van der Waals surface area (Å²) in [5.74, 6) is 0.661. The predicted octanol–water partition coefficient (Wildman–Crippen LogP) is 1.96. The first-order chi connectivity index (χ1) is 8.63. The maximum atomic E-state index is 6.31. The van der Waals surface area contributed by atoms with Crippen LogP contribution in [0, 0.1) is 0 Å². The third-order valence-corrected chi connectivity index (χ3v) is 3.64. The minimum absolute atomic E-state index is 0.153. The van der Waals surface area contributed by atoms with Crippen LogP contribution in [0.1, 0.15) is 38.4 Å². The molecule has 2 unspecified atom stereocenters. The summed E-state index contributed by atoms with van der Waals surface area (Å²) in [5, 5.41) is 0. The fourth-order valence-electron chi connectivity index (χ4n) is 2.73. The molecule has 1 saturated heterocycles. The van der Waals surface area contributed by atoms with E-state index in [2.05, 4.69) is 23.7 Å². The molecule has 0 radical (unpaired) electrons. The van der Waals surface area contributed by atoms with E-state index in [-0.39, 0.29) is 12.1 Å². The van der Waals surface area contributed by atoms with Crippen molar-refractivity contribution in [3.8, 4) is 5.88 Å². The number of rotatable bonds is 3. The average Bonchev–Trinajstić information content (AvgIpc) is 2.38. The highest BCUT2D eigenvalue weighted by Gasteiger charge is 2.32. The molecule has 1 aromatic rings. The highest BCUT2D eigenvalue weighted by molar-refractivity contribution is 5.20. The van der Waals surface area contributed by atoms with Gasteiger partial charge in [0, 0.05) is 18.2 Å². The molecule has 1 fully saturated rings. The molecule has 2 N–H and O–H groups in total. The molecule has 2 heterocycles. The highest BCUT2D eigenvalue weighted by atomic mass is 16.5. The molecule has 2 atom stereocenters. The zero-order valence-electron chi connectivity index (χ0n) is 11.5. The molecule has 2 rings (SSSR count). The summed E-state index contributed by atoms with van der Waals surface area (Å²) >= 11 is 0. The fourth-order valence-corrected chi connectivity index (χ4v) is 2.73.